The largest absolute Gasteiger partial charge is 0.481 e. The number of pyridine rings is 1. The average molecular weight is 384 g/mol. The Bertz CT molecular complexity index is 1110. The van der Waals surface area contributed by atoms with E-state index in [-0.39, 0.29) is 5.91 Å². The van der Waals surface area contributed by atoms with Crippen molar-refractivity contribution in [3.05, 3.63) is 84.8 Å². The monoisotopic (exact) mass is 384 g/mol. The summed E-state index contributed by atoms with van der Waals surface area (Å²) in [6.45, 7) is 2.14. The van der Waals surface area contributed by atoms with E-state index in [9.17, 15) is 4.79 Å². The standard InChI is InChI=1S/C23H20N4O2/c1-16(23(28)26-14-17-5-4-12-24-13-17)29-19-10-8-18(9-11-19)22-15-25-20-6-2-3-7-21(20)27-22/h2-13,15-16H,14H2,1H3,(H,26,28)/t16-/m1/s1. The van der Waals surface area contributed by atoms with Crippen molar-refractivity contribution in [3.8, 4) is 17.0 Å². The first kappa shape index (κ1) is 18.6. The fourth-order valence-electron chi connectivity index (χ4n) is 2.89. The van der Waals surface area contributed by atoms with Crippen LogP contribution in [-0.2, 0) is 11.3 Å². The van der Waals surface area contributed by atoms with E-state index in [0.29, 0.717) is 12.3 Å². The number of hydrogen-bond acceptors (Lipinski definition) is 5. The molecular weight excluding hydrogens is 364 g/mol. The molecule has 0 bridgehead atoms. The Morgan fingerprint density at radius 3 is 2.55 bits per heavy atom. The molecule has 0 unspecified atom stereocenters. The fourth-order valence-corrected chi connectivity index (χ4v) is 2.89. The van der Waals surface area contributed by atoms with Crippen molar-refractivity contribution in [3.63, 3.8) is 0 Å². The number of nitrogens with one attached hydrogen (secondary N) is 1. The molecule has 0 spiro atoms. The molecule has 4 aromatic rings. The van der Waals surface area contributed by atoms with Crippen LogP contribution in [0.3, 0.4) is 0 Å². The molecule has 0 saturated carbocycles. The smallest absolute Gasteiger partial charge is 0.261 e. The molecule has 0 aliphatic heterocycles. The zero-order valence-corrected chi connectivity index (χ0v) is 15.9. The number of amides is 1. The predicted molar refractivity (Wildman–Crippen MR) is 111 cm³/mol. The first-order chi connectivity index (χ1) is 14.2. The molecule has 29 heavy (non-hydrogen) atoms. The molecule has 2 aromatic carbocycles. The van der Waals surface area contributed by atoms with Crippen molar-refractivity contribution in [2.75, 3.05) is 0 Å². The van der Waals surface area contributed by atoms with Crippen molar-refractivity contribution in [1.29, 1.82) is 0 Å². The second-order valence-corrected chi connectivity index (χ2v) is 6.61. The van der Waals surface area contributed by atoms with E-state index in [1.54, 1.807) is 25.5 Å². The van der Waals surface area contributed by atoms with Crippen LogP contribution >= 0.6 is 0 Å². The van der Waals surface area contributed by atoms with Gasteiger partial charge in [-0.2, -0.15) is 0 Å². The normalized spacial score (nSPS) is 11.8. The average Bonchev–Trinajstić information content (AvgIpc) is 2.78. The van der Waals surface area contributed by atoms with E-state index in [1.807, 2.05) is 60.7 Å². The van der Waals surface area contributed by atoms with Gasteiger partial charge in [-0.3, -0.25) is 14.8 Å². The Balaban J connectivity index is 1.38. The lowest BCUT2D eigenvalue weighted by Crippen LogP contribution is -2.35. The molecule has 2 aromatic heterocycles. The highest BCUT2D eigenvalue weighted by atomic mass is 16.5. The lowest BCUT2D eigenvalue weighted by molar-refractivity contribution is -0.127. The van der Waals surface area contributed by atoms with Gasteiger partial charge in [-0.25, -0.2) is 4.98 Å². The van der Waals surface area contributed by atoms with Gasteiger partial charge in [-0.05, 0) is 55.0 Å². The number of nitrogens with zero attached hydrogens (tertiary/aromatic N) is 3. The molecule has 0 aliphatic carbocycles. The Morgan fingerprint density at radius 2 is 1.79 bits per heavy atom. The second-order valence-electron chi connectivity index (χ2n) is 6.61. The van der Waals surface area contributed by atoms with Gasteiger partial charge in [0.15, 0.2) is 6.10 Å². The molecular formula is C23H20N4O2. The summed E-state index contributed by atoms with van der Waals surface area (Å²) in [5, 5.41) is 2.85. The number of hydrogen-bond donors (Lipinski definition) is 1. The van der Waals surface area contributed by atoms with E-state index in [4.69, 9.17) is 4.74 Å². The molecule has 2 heterocycles. The minimum absolute atomic E-state index is 0.182. The zero-order chi connectivity index (χ0) is 20.1. The summed E-state index contributed by atoms with van der Waals surface area (Å²) >= 11 is 0. The van der Waals surface area contributed by atoms with E-state index in [2.05, 4.69) is 20.3 Å². The molecule has 0 saturated heterocycles. The van der Waals surface area contributed by atoms with Crippen LogP contribution in [0.2, 0.25) is 0 Å². The Labute approximate surface area is 168 Å². The molecule has 4 rings (SSSR count). The van der Waals surface area contributed by atoms with E-state index < -0.39 is 6.10 Å². The van der Waals surface area contributed by atoms with Gasteiger partial charge in [-0.1, -0.05) is 18.2 Å². The molecule has 1 amide bonds. The highest BCUT2D eigenvalue weighted by molar-refractivity contribution is 5.80. The van der Waals surface area contributed by atoms with Gasteiger partial charge in [0.1, 0.15) is 5.75 Å². The summed E-state index contributed by atoms with van der Waals surface area (Å²) in [5.41, 5.74) is 4.38. The molecule has 0 aliphatic rings. The molecule has 144 valence electrons. The minimum Gasteiger partial charge on any atom is -0.481 e. The number of carbonyl (C=O) groups is 1. The number of aromatic nitrogens is 3. The van der Waals surface area contributed by atoms with Gasteiger partial charge < -0.3 is 10.1 Å². The van der Waals surface area contributed by atoms with Crippen LogP contribution in [0.15, 0.2) is 79.3 Å². The third-order valence-electron chi connectivity index (χ3n) is 4.47. The Kier molecular flexibility index (Phi) is 5.42. The van der Waals surface area contributed by atoms with E-state index in [1.165, 1.54) is 0 Å². The number of carbonyl (C=O) groups excluding carboxylic acids is 1. The van der Waals surface area contributed by atoms with Crippen molar-refractivity contribution < 1.29 is 9.53 Å². The summed E-state index contributed by atoms with van der Waals surface area (Å²) in [6, 6.07) is 19.0. The quantitative estimate of drug-likeness (QED) is 0.547. The van der Waals surface area contributed by atoms with Crippen molar-refractivity contribution >= 4 is 16.9 Å². The molecule has 6 heteroatoms. The summed E-state index contributed by atoms with van der Waals surface area (Å²) < 4.78 is 5.76. The number of fused-ring (bicyclic) bond motifs is 1. The summed E-state index contributed by atoms with van der Waals surface area (Å²) in [4.78, 5) is 25.4. The van der Waals surface area contributed by atoms with Gasteiger partial charge in [-0.15, -0.1) is 0 Å². The fraction of sp³-hybridized carbons (Fsp3) is 0.130. The number of rotatable bonds is 6. The lowest BCUT2D eigenvalue weighted by Gasteiger charge is -2.15. The SMILES string of the molecule is C[C@@H](Oc1ccc(-c2cnc3ccccc3n2)cc1)C(=O)NCc1cccnc1. The minimum atomic E-state index is -0.613. The van der Waals surface area contributed by atoms with E-state index in [0.717, 1.165) is 27.9 Å². The van der Waals surface area contributed by atoms with Gasteiger partial charge >= 0.3 is 0 Å². The highest BCUT2D eigenvalue weighted by Crippen LogP contribution is 2.22. The van der Waals surface area contributed by atoms with Gasteiger partial charge in [0, 0.05) is 24.5 Å². The van der Waals surface area contributed by atoms with Crippen LogP contribution in [0.5, 0.6) is 5.75 Å². The van der Waals surface area contributed by atoms with Crippen LogP contribution in [0, 0.1) is 0 Å². The van der Waals surface area contributed by atoms with Crippen LogP contribution in [0.25, 0.3) is 22.3 Å². The highest BCUT2D eigenvalue weighted by Gasteiger charge is 2.14. The van der Waals surface area contributed by atoms with Gasteiger partial charge in [0.05, 0.1) is 22.9 Å². The Morgan fingerprint density at radius 1 is 1.00 bits per heavy atom. The van der Waals surface area contributed by atoms with E-state index >= 15 is 0 Å². The predicted octanol–water partition coefficient (Wildman–Crippen LogP) is 3.78. The van der Waals surface area contributed by atoms with Crippen molar-refractivity contribution in [2.24, 2.45) is 0 Å². The topological polar surface area (TPSA) is 77.0 Å². The van der Waals surface area contributed by atoms with Crippen molar-refractivity contribution in [1.82, 2.24) is 20.3 Å². The van der Waals surface area contributed by atoms with Gasteiger partial charge in [0.25, 0.3) is 5.91 Å². The van der Waals surface area contributed by atoms with Crippen LogP contribution in [-0.4, -0.2) is 27.0 Å². The molecule has 1 atom stereocenters. The summed E-state index contributed by atoms with van der Waals surface area (Å²) in [7, 11) is 0. The summed E-state index contributed by atoms with van der Waals surface area (Å²) in [5.74, 6) is 0.435. The zero-order valence-electron chi connectivity index (χ0n) is 15.9. The molecule has 0 fully saturated rings. The van der Waals surface area contributed by atoms with Crippen LogP contribution in [0.4, 0.5) is 0 Å². The maximum Gasteiger partial charge on any atom is 0.261 e. The first-order valence-electron chi connectivity index (χ1n) is 9.34. The van der Waals surface area contributed by atoms with Crippen LogP contribution < -0.4 is 10.1 Å². The number of benzene rings is 2. The number of ether oxygens (including phenoxy) is 1. The number of para-hydroxylation sites is 2. The molecule has 6 nitrogen and oxygen atoms in total. The maximum absolute atomic E-state index is 12.3. The summed E-state index contributed by atoms with van der Waals surface area (Å²) in [6.07, 6.45) is 4.56. The Hall–Kier alpha value is -3.80. The second kappa shape index (κ2) is 8.48. The third kappa shape index (κ3) is 4.55. The maximum atomic E-state index is 12.3. The third-order valence-corrected chi connectivity index (χ3v) is 4.47. The lowest BCUT2D eigenvalue weighted by atomic mass is 10.1. The molecule has 1 N–H and O–H groups in total. The van der Waals surface area contributed by atoms with Crippen molar-refractivity contribution in [2.45, 2.75) is 19.6 Å². The molecule has 0 radical (unpaired) electrons. The van der Waals surface area contributed by atoms with Crippen LogP contribution in [0.1, 0.15) is 12.5 Å². The van der Waals surface area contributed by atoms with Gasteiger partial charge in [0.2, 0.25) is 0 Å². The first-order valence-corrected chi connectivity index (χ1v) is 9.34.